The first-order chi connectivity index (χ1) is 5.33. The van der Waals surface area contributed by atoms with Crippen molar-refractivity contribution in [1.29, 1.82) is 0 Å². The van der Waals surface area contributed by atoms with Gasteiger partial charge in [-0.25, -0.2) is 0 Å². The molecule has 1 N–H and O–H groups in total. The monoisotopic (exact) mass is 155 g/mol. The first kappa shape index (κ1) is 8.72. The first-order valence-electron chi connectivity index (χ1n) is 4.55. The minimum atomic E-state index is 0.355. The minimum absolute atomic E-state index is 0.355. The largest absolute Gasteiger partial charge is 0.310 e. The molecule has 0 radical (unpaired) electrons. The molecule has 0 bridgehead atoms. The Hall–Kier alpha value is -0.370. The normalized spacial score (nSPS) is 16.8. The molecule has 1 aliphatic rings. The minimum Gasteiger partial charge on any atom is -0.310 e. The van der Waals surface area contributed by atoms with Crippen LogP contribution in [0.2, 0.25) is 0 Å². The van der Waals surface area contributed by atoms with Crippen LogP contribution in [0.5, 0.6) is 0 Å². The second kappa shape index (κ2) is 4.50. The predicted octanol–water partition coefficient (Wildman–Crippen LogP) is 1.36. The molecule has 1 rings (SSSR count). The van der Waals surface area contributed by atoms with Crippen molar-refractivity contribution >= 4 is 5.78 Å². The third-order valence-corrected chi connectivity index (χ3v) is 1.98. The molecular weight excluding hydrogens is 138 g/mol. The molecule has 0 spiro atoms. The van der Waals surface area contributed by atoms with Gasteiger partial charge in [-0.2, -0.15) is 0 Å². The van der Waals surface area contributed by atoms with E-state index in [4.69, 9.17) is 0 Å². The number of nitrogens with one attached hydrogen (secondary N) is 1. The summed E-state index contributed by atoms with van der Waals surface area (Å²) in [4.78, 5) is 11.0. The van der Waals surface area contributed by atoms with Gasteiger partial charge in [0.1, 0.15) is 5.78 Å². The molecule has 1 fully saturated rings. The van der Waals surface area contributed by atoms with Gasteiger partial charge >= 0.3 is 0 Å². The van der Waals surface area contributed by atoms with Crippen molar-refractivity contribution in [2.45, 2.75) is 32.6 Å². The number of carbonyl (C=O) groups is 1. The van der Waals surface area contributed by atoms with Crippen LogP contribution in [0.4, 0.5) is 0 Å². The van der Waals surface area contributed by atoms with E-state index in [0.717, 1.165) is 25.3 Å². The summed E-state index contributed by atoms with van der Waals surface area (Å²) >= 11 is 0. The summed E-state index contributed by atoms with van der Waals surface area (Å²) in [5, 5.41) is 3.18. The molecule has 2 heteroatoms. The van der Waals surface area contributed by atoms with Crippen LogP contribution in [-0.2, 0) is 4.79 Å². The highest BCUT2D eigenvalue weighted by molar-refractivity contribution is 5.80. The SMILES string of the molecule is CCCC(=O)CNCC1CC1. The van der Waals surface area contributed by atoms with Crippen molar-refractivity contribution in [3.8, 4) is 0 Å². The third-order valence-electron chi connectivity index (χ3n) is 1.98. The fourth-order valence-corrected chi connectivity index (χ4v) is 1.10. The molecule has 0 aliphatic heterocycles. The molecule has 0 amide bonds. The van der Waals surface area contributed by atoms with E-state index in [1.807, 2.05) is 6.92 Å². The van der Waals surface area contributed by atoms with E-state index < -0.39 is 0 Å². The van der Waals surface area contributed by atoms with Crippen LogP contribution in [0, 0.1) is 5.92 Å². The van der Waals surface area contributed by atoms with Gasteiger partial charge in [0.2, 0.25) is 0 Å². The summed E-state index contributed by atoms with van der Waals surface area (Å²) in [5.41, 5.74) is 0. The van der Waals surface area contributed by atoms with E-state index >= 15 is 0 Å². The first-order valence-corrected chi connectivity index (χ1v) is 4.55. The number of hydrogen-bond donors (Lipinski definition) is 1. The molecule has 1 saturated carbocycles. The van der Waals surface area contributed by atoms with Crippen LogP contribution in [0.15, 0.2) is 0 Å². The summed E-state index contributed by atoms with van der Waals surface area (Å²) in [6, 6.07) is 0. The number of hydrogen-bond acceptors (Lipinski definition) is 2. The van der Waals surface area contributed by atoms with Gasteiger partial charge in [0.25, 0.3) is 0 Å². The van der Waals surface area contributed by atoms with E-state index in [0.29, 0.717) is 12.3 Å². The van der Waals surface area contributed by atoms with Gasteiger partial charge < -0.3 is 5.32 Å². The zero-order valence-corrected chi connectivity index (χ0v) is 7.23. The highest BCUT2D eigenvalue weighted by Gasteiger charge is 2.20. The molecule has 0 aromatic heterocycles. The summed E-state index contributed by atoms with van der Waals surface area (Å²) in [6.45, 7) is 3.68. The van der Waals surface area contributed by atoms with Gasteiger partial charge in [-0.1, -0.05) is 6.92 Å². The lowest BCUT2D eigenvalue weighted by molar-refractivity contribution is -0.118. The molecule has 0 heterocycles. The number of rotatable bonds is 6. The number of Topliss-reactive ketones (excluding diaryl/α,β-unsaturated/α-hetero) is 1. The van der Waals surface area contributed by atoms with Crippen molar-refractivity contribution in [3.63, 3.8) is 0 Å². The molecular formula is C9H17NO. The molecule has 0 unspecified atom stereocenters. The average molecular weight is 155 g/mol. The Morgan fingerprint density at radius 2 is 2.27 bits per heavy atom. The maximum atomic E-state index is 11.0. The maximum absolute atomic E-state index is 11.0. The second-order valence-electron chi connectivity index (χ2n) is 3.36. The van der Waals surface area contributed by atoms with E-state index in [-0.39, 0.29) is 0 Å². The molecule has 0 atom stereocenters. The predicted molar refractivity (Wildman–Crippen MR) is 45.5 cm³/mol. The average Bonchev–Trinajstić information content (AvgIpc) is 2.72. The third kappa shape index (κ3) is 4.14. The zero-order chi connectivity index (χ0) is 8.10. The Morgan fingerprint density at radius 3 is 2.82 bits per heavy atom. The lowest BCUT2D eigenvalue weighted by Gasteiger charge is -2.00. The quantitative estimate of drug-likeness (QED) is 0.627. The van der Waals surface area contributed by atoms with E-state index in [9.17, 15) is 4.79 Å². The van der Waals surface area contributed by atoms with Gasteiger partial charge in [-0.3, -0.25) is 4.79 Å². The zero-order valence-electron chi connectivity index (χ0n) is 7.23. The van der Waals surface area contributed by atoms with Crippen molar-refractivity contribution in [2.75, 3.05) is 13.1 Å². The standard InChI is InChI=1S/C9H17NO/c1-2-3-9(11)7-10-6-8-4-5-8/h8,10H,2-7H2,1H3. The summed E-state index contributed by atoms with van der Waals surface area (Å²) < 4.78 is 0. The van der Waals surface area contributed by atoms with E-state index in [1.54, 1.807) is 0 Å². The smallest absolute Gasteiger partial charge is 0.146 e. The van der Waals surface area contributed by atoms with Crippen molar-refractivity contribution in [2.24, 2.45) is 5.92 Å². The van der Waals surface area contributed by atoms with E-state index in [1.165, 1.54) is 12.8 Å². The van der Waals surface area contributed by atoms with Gasteiger partial charge in [0.05, 0.1) is 6.54 Å². The lowest BCUT2D eigenvalue weighted by atomic mass is 10.2. The van der Waals surface area contributed by atoms with Gasteiger partial charge in [-0.05, 0) is 31.7 Å². The van der Waals surface area contributed by atoms with Crippen LogP contribution in [-0.4, -0.2) is 18.9 Å². The molecule has 11 heavy (non-hydrogen) atoms. The van der Waals surface area contributed by atoms with Gasteiger partial charge in [0, 0.05) is 6.42 Å². The van der Waals surface area contributed by atoms with Gasteiger partial charge in [0.15, 0.2) is 0 Å². The fraction of sp³-hybridized carbons (Fsp3) is 0.889. The highest BCUT2D eigenvalue weighted by Crippen LogP contribution is 2.27. The number of carbonyl (C=O) groups excluding carboxylic acids is 1. The lowest BCUT2D eigenvalue weighted by Crippen LogP contribution is -2.24. The molecule has 2 nitrogen and oxygen atoms in total. The summed E-state index contributed by atoms with van der Waals surface area (Å²) in [7, 11) is 0. The topological polar surface area (TPSA) is 29.1 Å². The number of ketones is 1. The maximum Gasteiger partial charge on any atom is 0.146 e. The Balaban J connectivity index is 1.88. The molecule has 64 valence electrons. The Labute approximate surface area is 68.4 Å². The van der Waals surface area contributed by atoms with Crippen molar-refractivity contribution in [1.82, 2.24) is 5.32 Å². The molecule has 0 aromatic rings. The van der Waals surface area contributed by atoms with Crippen LogP contribution in [0.1, 0.15) is 32.6 Å². The molecule has 0 saturated heterocycles. The van der Waals surface area contributed by atoms with E-state index in [2.05, 4.69) is 5.32 Å². The van der Waals surface area contributed by atoms with Crippen molar-refractivity contribution in [3.05, 3.63) is 0 Å². The van der Waals surface area contributed by atoms with Gasteiger partial charge in [-0.15, -0.1) is 0 Å². The van der Waals surface area contributed by atoms with Crippen LogP contribution >= 0.6 is 0 Å². The Kier molecular flexibility index (Phi) is 3.57. The molecule has 0 aromatic carbocycles. The second-order valence-corrected chi connectivity index (χ2v) is 3.36. The Morgan fingerprint density at radius 1 is 1.55 bits per heavy atom. The van der Waals surface area contributed by atoms with Crippen LogP contribution in [0.3, 0.4) is 0 Å². The fourth-order valence-electron chi connectivity index (χ4n) is 1.10. The highest BCUT2D eigenvalue weighted by atomic mass is 16.1. The van der Waals surface area contributed by atoms with Crippen LogP contribution < -0.4 is 5.32 Å². The summed E-state index contributed by atoms with van der Waals surface area (Å²) in [6.07, 6.45) is 4.42. The summed E-state index contributed by atoms with van der Waals surface area (Å²) in [5.74, 6) is 1.23. The van der Waals surface area contributed by atoms with Crippen LogP contribution in [0.25, 0.3) is 0 Å². The Bertz CT molecular complexity index is 130. The molecule has 1 aliphatic carbocycles. The van der Waals surface area contributed by atoms with Crippen molar-refractivity contribution < 1.29 is 4.79 Å².